The molecule has 0 heterocycles. The second-order valence-corrected chi connectivity index (χ2v) is 4.37. The van der Waals surface area contributed by atoms with Gasteiger partial charge in [-0.15, -0.1) is 0 Å². The molecule has 0 aromatic carbocycles. The molecule has 0 saturated carbocycles. The van der Waals surface area contributed by atoms with Crippen LogP contribution in [0.15, 0.2) is 0 Å². The van der Waals surface area contributed by atoms with Crippen LogP contribution in [0, 0.1) is 0 Å². The molecule has 7 heteroatoms. The third kappa shape index (κ3) is 6.61. The maximum atomic E-state index is 11.6. The highest BCUT2D eigenvalue weighted by molar-refractivity contribution is 7.80. The predicted octanol–water partition coefficient (Wildman–Crippen LogP) is -0.0377. The topological polar surface area (TPSA) is 109 Å². The van der Waals surface area contributed by atoms with Crippen molar-refractivity contribution in [2.75, 3.05) is 5.75 Å². The van der Waals surface area contributed by atoms with E-state index in [-0.39, 0.29) is 30.3 Å². The lowest BCUT2D eigenvalue weighted by molar-refractivity contribution is -0.138. The van der Waals surface area contributed by atoms with Crippen LogP contribution >= 0.6 is 12.6 Å². The third-order valence-corrected chi connectivity index (χ3v) is 2.77. The molecule has 0 spiro atoms. The fourth-order valence-corrected chi connectivity index (χ4v) is 1.62. The summed E-state index contributed by atoms with van der Waals surface area (Å²) in [5.41, 5.74) is 5.27. The number of carboxylic acid groups (broad SMARTS) is 1. The first-order valence-electron chi connectivity index (χ1n) is 5.83. The van der Waals surface area contributed by atoms with Crippen molar-refractivity contribution in [2.45, 2.75) is 44.7 Å². The molecule has 0 radical (unpaired) electrons. The Kier molecular flexibility index (Phi) is 8.40. The molecular formula is C11H20N2O4S. The number of carbonyl (C=O) groups excluding carboxylic acids is 2. The van der Waals surface area contributed by atoms with Gasteiger partial charge in [-0.25, -0.2) is 0 Å². The van der Waals surface area contributed by atoms with E-state index >= 15 is 0 Å². The number of aliphatic carboxylic acids is 1. The van der Waals surface area contributed by atoms with Crippen LogP contribution in [0.5, 0.6) is 0 Å². The summed E-state index contributed by atoms with van der Waals surface area (Å²) in [6.45, 7) is 1.88. The highest BCUT2D eigenvalue weighted by atomic mass is 32.1. The van der Waals surface area contributed by atoms with E-state index in [2.05, 4.69) is 17.9 Å². The first-order chi connectivity index (χ1) is 8.42. The lowest BCUT2D eigenvalue weighted by Crippen LogP contribution is -2.43. The fourth-order valence-electron chi connectivity index (χ4n) is 1.33. The molecule has 18 heavy (non-hydrogen) atoms. The highest BCUT2D eigenvalue weighted by Crippen LogP contribution is 2.01. The van der Waals surface area contributed by atoms with E-state index in [4.69, 9.17) is 10.8 Å². The average molecular weight is 276 g/mol. The van der Waals surface area contributed by atoms with Gasteiger partial charge in [0.1, 0.15) is 6.04 Å². The zero-order valence-corrected chi connectivity index (χ0v) is 11.3. The molecule has 0 aromatic heterocycles. The standard InChI is InChI=1S/C11H20N2O4S/c1-2-3-9(14)8(6-18)13-10(15)5-4-7(12)11(16)17/h7-8,18H,2-6,12H2,1H3,(H,13,15)(H,16,17)/t7-,8+/m1/s1. The fraction of sp³-hybridized carbons (Fsp3) is 0.727. The van der Waals surface area contributed by atoms with Crippen molar-refractivity contribution in [1.29, 1.82) is 0 Å². The van der Waals surface area contributed by atoms with Crippen LogP contribution in [0.3, 0.4) is 0 Å². The monoisotopic (exact) mass is 276 g/mol. The normalized spacial score (nSPS) is 13.7. The summed E-state index contributed by atoms with van der Waals surface area (Å²) in [6, 6.07) is -1.67. The summed E-state index contributed by atoms with van der Waals surface area (Å²) in [6.07, 6.45) is 1.13. The summed E-state index contributed by atoms with van der Waals surface area (Å²) >= 11 is 4.01. The molecule has 0 saturated heterocycles. The number of hydrogen-bond acceptors (Lipinski definition) is 5. The molecule has 0 rings (SSSR count). The second kappa shape index (κ2) is 8.93. The minimum absolute atomic E-state index is 0.0167. The smallest absolute Gasteiger partial charge is 0.320 e. The lowest BCUT2D eigenvalue weighted by Gasteiger charge is -2.15. The van der Waals surface area contributed by atoms with Crippen molar-refractivity contribution >= 4 is 30.3 Å². The number of carbonyl (C=O) groups is 3. The van der Waals surface area contributed by atoms with Gasteiger partial charge < -0.3 is 16.2 Å². The Labute approximate surface area is 112 Å². The van der Waals surface area contributed by atoms with E-state index in [1.165, 1.54) is 0 Å². The molecule has 104 valence electrons. The van der Waals surface area contributed by atoms with E-state index in [0.29, 0.717) is 12.8 Å². The number of rotatable bonds is 9. The second-order valence-electron chi connectivity index (χ2n) is 4.00. The number of amides is 1. The molecule has 0 aromatic rings. The number of Topliss-reactive ketones (excluding diaryl/α,β-unsaturated/α-hetero) is 1. The van der Waals surface area contributed by atoms with E-state index in [1.807, 2.05) is 6.92 Å². The van der Waals surface area contributed by atoms with Crippen molar-refractivity contribution in [3.05, 3.63) is 0 Å². The molecule has 0 bridgehead atoms. The van der Waals surface area contributed by atoms with Gasteiger partial charge in [-0.2, -0.15) is 12.6 Å². The van der Waals surface area contributed by atoms with E-state index in [0.717, 1.165) is 0 Å². The summed E-state index contributed by atoms with van der Waals surface area (Å²) in [5, 5.41) is 11.1. The SMILES string of the molecule is CCCC(=O)[C@H](CS)NC(=O)CC[C@@H](N)C(=O)O. The molecule has 0 aliphatic heterocycles. The Balaban J connectivity index is 4.12. The molecule has 0 aliphatic rings. The molecule has 4 N–H and O–H groups in total. The van der Waals surface area contributed by atoms with E-state index in [1.54, 1.807) is 0 Å². The highest BCUT2D eigenvalue weighted by Gasteiger charge is 2.19. The Morgan fingerprint density at radius 3 is 2.39 bits per heavy atom. The number of nitrogens with one attached hydrogen (secondary N) is 1. The molecule has 2 atom stereocenters. The van der Waals surface area contributed by atoms with Gasteiger partial charge >= 0.3 is 5.97 Å². The summed E-state index contributed by atoms with van der Waals surface area (Å²) in [7, 11) is 0. The Morgan fingerprint density at radius 1 is 1.33 bits per heavy atom. The van der Waals surface area contributed by atoms with Gasteiger partial charge in [0.2, 0.25) is 5.91 Å². The number of thiol groups is 1. The Morgan fingerprint density at radius 2 is 1.94 bits per heavy atom. The Hall–Kier alpha value is -1.08. The number of ketones is 1. The van der Waals surface area contributed by atoms with Gasteiger partial charge in [-0.3, -0.25) is 14.4 Å². The number of hydrogen-bond donors (Lipinski definition) is 4. The van der Waals surface area contributed by atoms with Crippen molar-refractivity contribution in [3.8, 4) is 0 Å². The molecule has 6 nitrogen and oxygen atoms in total. The molecule has 1 amide bonds. The van der Waals surface area contributed by atoms with E-state index < -0.39 is 18.1 Å². The van der Waals surface area contributed by atoms with Crippen LogP contribution in [0.25, 0.3) is 0 Å². The zero-order chi connectivity index (χ0) is 14.1. The maximum absolute atomic E-state index is 11.6. The van der Waals surface area contributed by atoms with Crippen LogP contribution in [-0.2, 0) is 14.4 Å². The lowest BCUT2D eigenvalue weighted by atomic mass is 10.1. The zero-order valence-electron chi connectivity index (χ0n) is 10.4. The van der Waals surface area contributed by atoms with Gasteiger partial charge in [0.25, 0.3) is 0 Å². The maximum Gasteiger partial charge on any atom is 0.320 e. The van der Waals surface area contributed by atoms with Crippen LogP contribution < -0.4 is 11.1 Å². The van der Waals surface area contributed by atoms with Gasteiger partial charge in [0.15, 0.2) is 5.78 Å². The minimum Gasteiger partial charge on any atom is -0.480 e. The van der Waals surface area contributed by atoms with Crippen molar-refractivity contribution < 1.29 is 19.5 Å². The van der Waals surface area contributed by atoms with Crippen molar-refractivity contribution in [3.63, 3.8) is 0 Å². The number of nitrogens with two attached hydrogens (primary N) is 1. The predicted molar refractivity (Wildman–Crippen MR) is 70.5 cm³/mol. The quantitative estimate of drug-likeness (QED) is 0.442. The molecular weight excluding hydrogens is 256 g/mol. The summed E-state index contributed by atoms with van der Waals surface area (Å²) in [4.78, 5) is 33.5. The molecule has 0 fully saturated rings. The van der Waals surface area contributed by atoms with Gasteiger partial charge in [-0.1, -0.05) is 6.92 Å². The van der Waals surface area contributed by atoms with Gasteiger partial charge in [0, 0.05) is 18.6 Å². The molecule has 0 aliphatic carbocycles. The van der Waals surface area contributed by atoms with E-state index in [9.17, 15) is 14.4 Å². The number of carboxylic acids is 1. The van der Waals surface area contributed by atoms with Crippen LogP contribution in [0.1, 0.15) is 32.6 Å². The summed E-state index contributed by atoms with van der Waals surface area (Å²) in [5.74, 6) is -1.36. The van der Waals surface area contributed by atoms with Crippen LogP contribution in [0.2, 0.25) is 0 Å². The molecule has 0 unspecified atom stereocenters. The largest absolute Gasteiger partial charge is 0.480 e. The third-order valence-electron chi connectivity index (χ3n) is 2.40. The Bertz CT molecular complexity index is 309. The van der Waals surface area contributed by atoms with Crippen LogP contribution in [-0.4, -0.2) is 40.6 Å². The minimum atomic E-state index is -1.14. The van der Waals surface area contributed by atoms with Crippen molar-refractivity contribution in [1.82, 2.24) is 5.32 Å². The first kappa shape index (κ1) is 16.9. The summed E-state index contributed by atoms with van der Waals surface area (Å²) < 4.78 is 0. The average Bonchev–Trinajstić information content (AvgIpc) is 2.32. The van der Waals surface area contributed by atoms with Gasteiger partial charge in [-0.05, 0) is 12.8 Å². The van der Waals surface area contributed by atoms with Crippen molar-refractivity contribution in [2.24, 2.45) is 5.73 Å². The van der Waals surface area contributed by atoms with Gasteiger partial charge in [0.05, 0.1) is 6.04 Å². The van der Waals surface area contributed by atoms with Crippen LogP contribution in [0.4, 0.5) is 0 Å². The first-order valence-corrected chi connectivity index (χ1v) is 6.46.